The van der Waals surface area contributed by atoms with E-state index in [4.69, 9.17) is 5.26 Å². The summed E-state index contributed by atoms with van der Waals surface area (Å²) in [4.78, 5) is 26.3. The normalized spacial score (nSPS) is 19.4. The van der Waals surface area contributed by atoms with Gasteiger partial charge < -0.3 is 10.3 Å². The van der Waals surface area contributed by atoms with Crippen LogP contribution in [0.25, 0.3) is 0 Å². The highest BCUT2D eigenvalue weighted by Gasteiger charge is 2.22. The zero-order valence-electron chi connectivity index (χ0n) is 15.7. The van der Waals surface area contributed by atoms with E-state index in [1.807, 2.05) is 0 Å². The Balaban J connectivity index is 1.51. The molecule has 1 fully saturated rings. The van der Waals surface area contributed by atoms with Gasteiger partial charge in [-0.25, -0.2) is 4.79 Å². The third-order valence-corrected chi connectivity index (χ3v) is 5.37. The molecule has 0 aliphatic heterocycles. The molecule has 0 saturated heterocycles. The third kappa shape index (κ3) is 4.68. The van der Waals surface area contributed by atoms with Crippen LogP contribution in [0.4, 0.5) is 5.69 Å². The summed E-state index contributed by atoms with van der Waals surface area (Å²) >= 11 is 0. The quantitative estimate of drug-likeness (QED) is 0.769. The molecule has 6 heteroatoms. The maximum absolute atomic E-state index is 12.0. The Bertz CT molecular complexity index is 921. The molecule has 1 aromatic heterocycles. The van der Waals surface area contributed by atoms with Crippen molar-refractivity contribution in [3.8, 4) is 6.07 Å². The zero-order chi connectivity index (χ0) is 19.2. The molecule has 2 N–H and O–H groups in total. The maximum atomic E-state index is 12.0. The third-order valence-electron chi connectivity index (χ3n) is 5.37. The van der Waals surface area contributed by atoms with Gasteiger partial charge >= 0.3 is 5.69 Å². The molecular weight excluding hydrogens is 340 g/mol. The lowest BCUT2D eigenvalue weighted by Gasteiger charge is -2.25. The van der Waals surface area contributed by atoms with Crippen molar-refractivity contribution in [3.05, 3.63) is 62.4 Å². The molecular formula is C21H26N4O2. The van der Waals surface area contributed by atoms with Crippen LogP contribution in [-0.2, 0) is 6.54 Å². The van der Waals surface area contributed by atoms with Crippen LogP contribution < -0.4 is 16.6 Å². The second-order valence-corrected chi connectivity index (χ2v) is 7.33. The van der Waals surface area contributed by atoms with Gasteiger partial charge in [0.25, 0.3) is 5.56 Å². The molecule has 1 aliphatic carbocycles. The summed E-state index contributed by atoms with van der Waals surface area (Å²) in [7, 11) is 0. The highest BCUT2D eigenvalue weighted by molar-refractivity contribution is 5.45. The minimum absolute atomic E-state index is 0.190. The van der Waals surface area contributed by atoms with E-state index < -0.39 is 0 Å². The predicted molar refractivity (Wildman–Crippen MR) is 106 cm³/mol. The average Bonchev–Trinajstić information content (AvgIpc) is 2.71. The Morgan fingerprint density at radius 2 is 2.04 bits per heavy atom. The highest BCUT2D eigenvalue weighted by Crippen LogP contribution is 2.36. The number of hydrogen-bond acceptors (Lipinski definition) is 4. The summed E-state index contributed by atoms with van der Waals surface area (Å²) in [6.07, 6.45) is 6.40. The Hall–Kier alpha value is -2.81. The largest absolute Gasteiger partial charge is 0.385 e. The van der Waals surface area contributed by atoms with Crippen molar-refractivity contribution >= 4 is 5.69 Å². The molecule has 2 atom stereocenters. The molecule has 1 aromatic carbocycles. The van der Waals surface area contributed by atoms with E-state index >= 15 is 0 Å². The van der Waals surface area contributed by atoms with E-state index in [-0.39, 0.29) is 17.2 Å². The molecule has 0 amide bonds. The number of nitrogens with zero attached hydrogens (tertiary/aromatic N) is 2. The molecule has 0 radical (unpaired) electrons. The molecule has 0 bridgehead atoms. The number of aromatic amines is 1. The number of aryl methyl sites for hydroxylation is 1. The van der Waals surface area contributed by atoms with Crippen molar-refractivity contribution < 1.29 is 0 Å². The van der Waals surface area contributed by atoms with Crippen molar-refractivity contribution in [1.29, 1.82) is 5.26 Å². The minimum atomic E-state index is -0.363. The minimum Gasteiger partial charge on any atom is -0.385 e. The van der Waals surface area contributed by atoms with Gasteiger partial charge in [0.05, 0.1) is 6.07 Å². The number of H-pyrrole nitrogens is 1. The first-order valence-electron chi connectivity index (χ1n) is 9.61. The van der Waals surface area contributed by atoms with Gasteiger partial charge in [-0.3, -0.25) is 9.36 Å². The molecule has 6 nitrogen and oxygen atoms in total. The first-order chi connectivity index (χ1) is 13.1. The van der Waals surface area contributed by atoms with Crippen molar-refractivity contribution in [2.45, 2.75) is 51.5 Å². The molecule has 2 aromatic rings. The van der Waals surface area contributed by atoms with E-state index in [9.17, 15) is 9.59 Å². The van der Waals surface area contributed by atoms with Crippen LogP contribution in [0.3, 0.4) is 0 Å². The molecule has 1 heterocycles. The fourth-order valence-corrected chi connectivity index (χ4v) is 3.77. The predicted octanol–water partition coefficient (Wildman–Crippen LogP) is 3.14. The van der Waals surface area contributed by atoms with Gasteiger partial charge in [0.2, 0.25) is 0 Å². The molecule has 1 saturated carbocycles. The Labute approximate surface area is 158 Å². The summed E-state index contributed by atoms with van der Waals surface area (Å²) in [5.41, 5.74) is 2.28. The van der Waals surface area contributed by atoms with Gasteiger partial charge in [-0.05, 0) is 56.2 Å². The van der Waals surface area contributed by atoms with Gasteiger partial charge in [0.15, 0.2) is 0 Å². The number of anilines is 1. The molecule has 2 unspecified atom stereocenters. The van der Waals surface area contributed by atoms with Gasteiger partial charge in [0, 0.05) is 36.5 Å². The van der Waals surface area contributed by atoms with Gasteiger partial charge in [-0.1, -0.05) is 18.6 Å². The Morgan fingerprint density at radius 1 is 1.26 bits per heavy atom. The van der Waals surface area contributed by atoms with Crippen molar-refractivity contribution in [3.63, 3.8) is 0 Å². The standard InChI is InChI=1S/C21H26N4O2/c1-15-14-24-21(27)25(20(15)26)11-3-10-23-19-8-6-17(7-9-19)18-5-2-4-16(12-18)13-22/h6-9,14,16,18,23H,2-5,10-12H2,1H3,(H,24,27). The number of nitriles is 1. The van der Waals surface area contributed by atoms with Crippen LogP contribution in [0.5, 0.6) is 0 Å². The van der Waals surface area contributed by atoms with Gasteiger partial charge in [-0.15, -0.1) is 0 Å². The second-order valence-electron chi connectivity index (χ2n) is 7.33. The second kappa shape index (κ2) is 8.72. The smallest absolute Gasteiger partial charge is 0.328 e. The van der Waals surface area contributed by atoms with Crippen LogP contribution in [0.15, 0.2) is 40.1 Å². The van der Waals surface area contributed by atoms with E-state index in [0.717, 1.165) is 31.4 Å². The lowest BCUT2D eigenvalue weighted by atomic mass is 9.78. The first kappa shape index (κ1) is 19.0. The topological polar surface area (TPSA) is 90.7 Å². The van der Waals surface area contributed by atoms with Crippen LogP contribution in [0.2, 0.25) is 0 Å². The number of hydrogen-bond donors (Lipinski definition) is 2. The number of benzene rings is 1. The van der Waals surface area contributed by atoms with Crippen LogP contribution in [0.1, 0.15) is 49.1 Å². The first-order valence-corrected chi connectivity index (χ1v) is 9.61. The molecule has 0 spiro atoms. The zero-order valence-corrected chi connectivity index (χ0v) is 15.7. The molecule has 142 valence electrons. The SMILES string of the molecule is Cc1c[nH]c(=O)n(CCCNc2ccc(C3CCCC(C#N)C3)cc2)c1=O. The van der Waals surface area contributed by atoms with Crippen LogP contribution >= 0.6 is 0 Å². The summed E-state index contributed by atoms with van der Waals surface area (Å²) < 4.78 is 1.24. The van der Waals surface area contributed by atoms with Gasteiger partial charge in [0.1, 0.15) is 0 Å². The average molecular weight is 366 g/mol. The van der Waals surface area contributed by atoms with Crippen molar-refractivity contribution in [2.75, 3.05) is 11.9 Å². The highest BCUT2D eigenvalue weighted by atomic mass is 16.2. The number of aromatic nitrogens is 2. The Morgan fingerprint density at radius 3 is 2.78 bits per heavy atom. The molecule has 27 heavy (non-hydrogen) atoms. The number of nitrogens with one attached hydrogen (secondary N) is 2. The van der Waals surface area contributed by atoms with E-state index in [2.05, 4.69) is 40.6 Å². The maximum Gasteiger partial charge on any atom is 0.328 e. The molecule has 3 rings (SSSR count). The lowest BCUT2D eigenvalue weighted by Crippen LogP contribution is -2.36. The summed E-state index contributed by atoms with van der Waals surface area (Å²) in [5, 5.41) is 12.5. The van der Waals surface area contributed by atoms with E-state index in [0.29, 0.717) is 31.0 Å². The summed E-state index contributed by atoms with van der Waals surface area (Å²) in [6.45, 7) is 2.76. The van der Waals surface area contributed by atoms with Crippen molar-refractivity contribution in [2.24, 2.45) is 5.92 Å². The Kier molecular flexibility index (Phi) is 6.12. The van der Waals surface area contributed by atoms with E-state index in [1.54, 1.807) is 6.92 Å². The fourth-order valence-electron chi connectivity index (χ4n) is 3.77. The lowest BCUT2D eigenvalue weighted by molar-refractivity contribution is 0.379. The van der Waals surface area contributed by atoms with Crippen molar-refractivity contribution in [1.82, 2.24) is 9.55 Å². The fraction of sp³-hybridized carbons (Fsp3) is 0.476. The van der Waals surface area contributed by atoms with Crippen LogP contribution in [0, 0.1) is 24.2 Å². The van der Waals surface area contributed by atoms with Gasteiger partial charge in [-0.2, -0.15) is 5.26 Å². The number of rotatable bonds is 6. The summed E-state index contributed by atoms with van der Waals surface area (Å²) in [6, 6.07) is 10.8. The summed E-state index contributed by atoms with van der Waals surface area (Å²) in [5.74, 6) is 0.673. The molecule has 1 aliphatic rings. The van der Waals surface area contributed by atoms with E-state index in [1.165, 1.54) is 16.3 Å². The van der Waals surface area contributed by atoms with Crippen LogP contribution in [-0.4, -0.2) is 16.1 Å². The monoisotopic (exact) mass is 366 g/mol.